The average Bonchev–Trinajstić information content (AvgIpc) is 2.01. The zero-order chi connectivity index (χ0) is 10.9. The molecule has 1 aliphatic heterocycles. The number of piperidine rings is 1. The van der Waals surface area contributed by atoms with Gasteiger partial charge in [0.1, 0.15) is 6.04 Å². The minimum atomic E-state index is -0.889. The fourth-order valence-corrected chi connectivity index (χ4v) is 2.30. The third kappa shape index (κ3) is 2.05. The van der Waals surface area contributed by atoms with Crippen molar-refractivity contribution in [1.82, 2.24) is 4.90 Å². The summed E-state index contributed by atoms with van der Waals surface area (Å²) in [4.78, 5) is 23.7. The van der Waals surface area contributed by atoms with Gasteiger partial charge in [-0.1, -0.05) is 13.8 Å². The second-order valence-electron chi connectivity index (χ2n) is 4.27. The normalized spacial score (nSPS) is 32.8. The number of nitrogens with zero attached hydrogens (tertiary/aromatic N) is 1. The van der Waals surface area contributed by atoms with Crippen LogP contribution in [0.5, 0.6) is 0 Å². The van der Waals surface area contributed by atoms with Gasteiger partial charge in [0, 0.05) is 13.5 Å². The Bertz CT molecular complexity index is 252. The Balaban J connectivity index is 2.86. The molecule has 80 valence electrons. The second kappa shape index (κ2) is 3.98. The molecule has 4 nitrogen and oxygen atoms in total. The smallest absolute Gasteiger partial charge is 0.326 e. The van der Waals surface area contributed by atoms with Crippen LogP contribution in [0.4, 0.5) is 0 Å². The predicted octanol–water partition coefficient (Wildman–Crippen LogP) is 0.964. The lowest BCUT2D eigenvalue weighted by Gasteiger charge is -2.39. The number of rotatable bonds is 1. The van der Waals surface area contributed by atoms with Crippen LogP contribution in [0.25, 0.3) is 0 Å². The molecule has 0 aromatic carbocycles. The number of likely N-dealkylation sites (tertiary alicyclic amines) is 1. The minimum Gasteiger partial charge on any atom is -0.480 e. The lowest BCUT2D eigenvalue weighted by Crippen LogP contribution is -2.53. The molecular weight excluding hydrogens is 182 g/mol. The monoisotopic (exact) mass is 199 g/mol. The lowest BCUT2D eigenvalue weighted by atomic mass is 9.85. The lowest BCUT2D eigenvalue weighted by molar-refractivity contribution is -0.155. The highest BCUT2D eigenvalue weighted by molar-refractivity contribution is 5.82. The highest BCUT2D eigenvalue weighted by atomic mass is 16.4. The molecule has 14 heavy (non-hydrogen) atoms. The van der Waals surface area contributed by atoms with Gasteiger partial charge in [0.15, 0.2) is 0 Å². The first-order valence-corrected chi connectivity index (χ1v) is 4.93. The highest BCUT2D eigenvalue weighted by Gasteiger charge is 2.38. The number of carboxylic acid groups (broad SMARTS) is 1. The molecule has 0 radical (unpaired) electrons. The van der Waals surface area contributed by atoms with Gasteiger partial charge in [-0.3, -0.25) is 4.79 Å². The SMILES string of the molecule is CC(=O)N1CC(C)CC(C)C1C(=O)O. The van der Waals surface area contributed by atoms with Crippen molar-refractivity contribution in [2.75, 3.05) is 6.54 Å². The topological polar surface area (TPSA) is 57.6 Å². The van der Waals surface area contributed by atoms with Crippen molar-refractivity contribution >= 4 is 11.9 Å². The van der Waals surface area contributed by atoms with Gasteiger partial charge in [-0.2, -0.15) is 0 Å². The molecule has 0 aliphatic carbocycles. The van der Waals surface area contributed by atoms with E-state index in [1.165, 1.54) is 11.8 Å². The van der Waals surface area contributed by atoms with Crippen molar-refractivity contribution in [3.63, 3.8) is 0 Å². The maximum absolute atomic E-state index is 11.3. The van der Waals surface area contributed by atoms with Crippen LogP contribution in [-0.2, 0) is 9.59 Å². The summed E-state index contributed by atoms with van der Waals surface area (Å²) in [5.74, 6) is -0.597. The van der Waals surface area contributed by atoms with Gasteiger partial charge in [0.25, 0.3) is 0 Å². The van der Waals surface area contributed by atoms with E-state index in [1.54, 1.807) is 0 Å². The van der Waals surface area contributed by atoms with Crippen LogP contribution in [0.2, 0.25) is 0 Å². The van der Waals surface area contributed by atoms with Gasteiger partial charge in [-0.15, -0.1) is 0 Å². The summed E-state index contributed by atoms with van der Waals surface area (Å²) in [6.07, 6.45) is 0.876. The van der Waals surface area contributed by atoms with Crippen molar-refractivity contribution in [3.05, 3.63) is 0 Å². The molecule has 1 heterocycles. The Morgan fingerprint density at radius 3 is 2.36 bits per heavy atom. The summed E-state index contributed by atoms with van der Waals surface area (Å²) in [6.45, 7) is 5.94. The fraction of sp³-hybridized carbons (Fsp3) is 0.800. The predicted molar refractivity (Wildman–Crippen MR) is 51.8 cm³/mol. The largest absolute Gasteiger partial charge is 0.480 e. The minimum absolute atomic E-state index is 0.0418. The molecule has 0 aromatic rings. The van der Waals surface area contributed by atoms with Gasteiger partial charge in [-0.25, -0.2) is 4.79 Å². The van der Waals surface area contributed by atoms with Crippen LogP contribution in [0.3, 0.4) is 0 Å². The van der Waals surface area contributed by atoms with E-state index in [0.29, 0.717) is 12.5 Å². The first-order chi connectivity index (χ1) is 6.43. The standard InChI is InChI=1S/C10H17NO3/c1-6-4-7(2)9(10(13)14)11(5-6)8(3)12/h6-7,9H,4-5H2,1-3H3,(H,13,14). The summed E-state index contributed by atoms with van der Waals surface area (Å²) in [7, 11) is 0. The number of amides is 1. The third-order valence-electron chi connectivity index (χ3n) is 2.81. The molecule has 0 spiro atoms. The van der Waals surface area contributed by atoms with Gasteiger partial charge in [-0.05, 0) is 18.3 Å². The van der Waals surface area contributed by atoms with Gasteiger partial charge >= 0.3 is 5.97 Å². The Morgan fingerprint density at radius 2 is 1.93 bits per heavy atom. The molecule has 4 heteroatoms. The number of carboxylic acids is 1. The number of aliphatic carboxylic acids is 1. The van der Waals surface area contributed by atoms with Crippen molar-refractivity contribution in [2.45, 2.75) is 33.2 Å². The third-order valence-corrected chi connectivity index (χ3v) is 2.81. The first-order valence-electron chi connectivity index (χ1n) is 4.93. The van der Waals surface area contributed by atoms with Crippen LogP contribution in [0.15, 0.2) is 0 Å². The molecule has 3 atom stereocenters. The number of hydrogen-bond acceptors (Lipinski definition) is 2. The van der Waals surface area contributed by atoms with E-state index in [0.717, 1.165) is 6.42 Å². The number of carbonyl (C=O) groups is 2. The molecule has 1 amide bonds. The summed E-state index contributed by atoms with van der Waals surface area (Å²) in [5.41, 5.74) is 0. The van der Waals surface area contributed by atoms with Gasteiger partial charge < -0.3 is 10.0 Å². The number of hydrogen-bond donors (Lipinski definition) is 1. The Kier molecular flexibility index (Phi) is 3.13. The van der Waals surface area contributed by atoms with Crippen LogP contribution >= 0.6 is 0 Å². The molecule has 0 bridgehead atoms. The molecule has 0 aromatic heterocycles. The zero-order valence-corrected chi connectivity index (χ0v) is 8.86. The molecular formula is C10H17NO3. The van der Waals surface area contributed by atoms with Crippen LogP contribution in [0, 0.1) is 11.8 Å². The maximum Gasteiger partial charge on any atom is 0.326 e. The molecule has 1 aliphatic rings. The molecule has 1 fully saturated rings. The summed E-state index contributed by atoms with van der Waals surface area (Å²) in [6, 6.07) is -0.635. The molecule has 1 rings (SSSR count). The van der Waals surface area contributed by atoms with Gasteiger partial charge in [0.2, 0.25) is 5.91 Å². The summed E-state index contributed by atoms with van der Waals surface area (Å²) in [5, 5.41) is 9.02. The Morgan fingerprint density at radius 1 is 1.36 bits per heavy atom. The van der Waals surface area contributed by atoms with E-state index in [-0.39, 0.29) is 11.8 Å². The highest BCUT2D eigenvalue weighted by Crippen LogP contribution is 2.27. The molecule has 1 saturated heterocycles. The van der Waals surface area contributed by atoms with Crippen LogP contribution in [0.1, 0.15) is 27.2 Å². The summed E-state index contributed by atoms with van der Waals surface area (Å²) >= 11 is 0. The van der Waals surface area contributed by atoms with Gasteiger partial charge in [0.05, 0.1) is 0 Å². The van der Waals surface area contributed by atoms with Crippen molar-refractivity contribution in [1.29, 1.82) is 0 Å². The second-order valence-corrected chi connectivity index (χ2v) is 4.27. The molecule has 3 unspecified atom stereocenters. The quantitative estimate of drug-likeness (QED) is 0.684. The number of carbonyl (C=O) groups excluding carboxylic acids is 1. The van der Waals surface area contributed by atoms with Crippen LogP contribution in [-0.4, -0.2) is 34.5 Å². The van der Waals surface area contributed by atoms with E-state index < -0.39 is 12.0 Å². The van der Waals surface area contributed by atoms with E-state index in [2.05, 4.69) is 0 Å². The molecule has 1 N–H and O–H groups in total. The van der Waals surface area contributed by atoms with E-state index in [1.807, 2.05) is 13.8 Å². The van der Waals surface area contributed by atoms with E-state index >= 15 is 0 Å². The summed E-state index contributed by atoms with van der Waals surface area (Å²) < 4.78 is 0. The first kappa shape index (κ1) is 11.0. The fourth-order valence-electron chi connectivity index (χ4n) is 2.30. The zero-order valence-electron chi connectivity index (χ0n) is 8.86. The van der Waals surface area contributed by atoms with E-state index in [4.69, 9.17) is 5.11 Å². The van der Waals surface area contributed by atoms with E-state index in [9.17, 15) is 9.59 Å². The molecule has 0 saturated carbocycles. The van der Waals surface area contributed by atoms with Crippen LogP contribution < -0.4 is 0 Å². The Hall–Kier alpha value is -1.06. The van der Waals surface area contributed by atoms with Crippen molar-refractivity contribution in [3.8, 4) is 0 Å². The van der Waals surface area contributed by atoms with Crippen molar-refractivity contribution in [2.24, 2.45) is 11.8 Å². The van der Waals surface area contributed by atoms with Crippen molar-refractivity contribution < 1.29 is 14.7 Å². The Labute approximate surface area is 83.9 Å². The average molecular weight is 199 g/mol. The maximum atomic E-state index is 11.3.